The number of ether oxygens (including phenoxy) is 2. The zero-order valence-corrected chi connectivity index (χ0v) is 13.4. The Balaban J connectivity index is 2.99. The number of para-hydroxylation sites is 1. The maximum Gasteiger partial charge on any atom is 0.164 e. The summed E-state index contributed by atoms with van der Waals surface area (Å²) in [4.78, 5) is 0. The highest BCUT2D eigenvalue weighted by Gasteiger charge is 2.13. The molecule has 0 aromatic heterocycles. The average Bonchev–Trinajstić information content (AvgIpc) is 2.46. The minimum atomic E-state index is 0.0910. The van der Waals surface area contributed by atoms with E-state index in [-0.39, 0.29) is 12.6 Å². The molecular weight excluding hydrogens is 297 g/mol. The van der Waals surface area contributed by atoms with E-state index in [0.717, 1.165) is 18.4 Å². The van der Waals surface area contributed by atoms with E-state index in [1.165, 1.54) is 5.54 Å². The molecule has 1 aromatic carbocycles. The molecule has 20 heavy (non-hydrogen) atoms. The van der Waals surface area contributed by atoms with Gasteiger partial charge in [-0.2, -0.15) is 0 Å². The van der Waals surface area contributed by atoms with E-state index in [1.807, 2.05) is 25.1 Å². The molecule has 2 N–H and O–H groups in total. The highest BCUT2D eigenvalue weighted by Crippen LogP contribution is 2.33. The van der Waals surface area contributed by atoms with Crippen molar-refractivity contribution in [3.8, 4) is 11.5 Å². The van der Waals surface area contributed by atoms with Crippen LogP contribution in [0.4, 0.5) is 0 Å². The molecule has 0 aliphatic rings. The van der Waals surface area contributed by atoms with Crippen molar-refractivity contribution >= 4 is 23.2 Å². The van der Waals surface area contributed by atoms with Crippen molar-refractivity contribution in [3.63, 3.8) is 0 Å². The lowest BCUT2D eigenvalue weighted by molar-refractivity contribution is 0.292. The number of nitrogens with two attached hydrogens (primary N) is 1. The summed E-state index contributed by atoms with van der Waals surface area (Å²) in [5.74, 6) is 1.39. The zero-order valence-electron chi connectivity index (χ0n) is 11.9. The molecule has 5 heteroatoms. The quantitative estimate of drug-likeness (QED) is 0.786. The molecule has 0 saturated heterocycles. The molecule has 3 nitrogen and oxygen atoms in total. The molecule has 112 valence electrons. The van der Waals surface area contributed by atoms with E-state index in [2.05, 4.69) is 6.92 Å². The smallest absolute Gasteiger partial charge is 0.164 e. The molecule has 1 rings (SSSR count). The summed E-state index contributed by atoms with van der Waals surface area (Å²) in [7, 11) is 0. The first-order valence-corrected chi connectivity index (χ1v) is 7.51. The van der Waals surface area contributed by atoms with E-state index in [9.17, 15) is 0 Å². The molecule has 1 unspecified atom stereocenters. The van der Waals surface area contributed by atoms with Gasteiger partial charge in [-0.15, -0.1) is 0 Å². The van der Waals surface area contributed by atoms with Gasteiger partial charge in [-0.25, -0.2) is 0 Å². The lowest BCUT2D eigenvalue weighted by Gasteiger charge is -2.17. The van der Waals surface area contributed by atoms with Gasteiger partial charge in [0.2, 0.25) is 0 Å². The second-order valence-corrected chi connectivity index (χ2v) is 5.10. The Morgan fingerprint density at radius 1 is 1.35 bits per heavy atom. The molecule has 0 heterocycles. The average molecular weight is 318 g/mol. The predicted molar refractivity (Wildman–Crippen MR) is 84.9 cm³/mol. The molecule has 0 aliphatic heterocycles. The third-order valence-corrected chi connectivity index (χ3v) is 3.43. The Morgan fingerprint density at radius 2 is 2.10 bits per heavy atom. The van der Waals surface area contributed by atoms with Crippen LogP contribution in [-0.2, 0) is 6.42 Å². The van der Waals surface area contributed by atoms with Gasteiger partial charge in [0.1, 0.15) is 6.61 Å². The van der Waals surface area contributed by atoms with Gasteiger partial charge >= 0.3 is 0 Å². The largest absolute Gasteiger partial charge is 0.490 e. The molecule has 0 fully saturated rings. The number of rotatable bonds is 8. The summed E-state index contributed by atoms with van der Waals surface area (Å²) < 4.78 is 11.4. The Kier molecular flexibility index (Phi) is 7.82. The third kappa shape index (κ3) is 5.23. The first-order chi connectivity index (χ1) is 9.62. The van der Waals surface area contributed by atoms with Crippen LogP contribution in [0.2, 0.25) is 0 Å². The van der Waals surface area contributed by atoms with Crippen LogP contribution in [0.3, 0.4) is 0 Å². The Labute approximate surface area is 130 Å². The summed E-state index contributed by atoms with van der Waals surface area (Å²) in [6.45, 7) is 4.77. The molecule has 1 aromatic rings. The van der Waals surface area contributed by atoms with Crippen LogP contribution in [-0.4, -0.2) is 19.3 Å². The van der Waals surface area contributed by atoms with Gasteiger partial charge in [0.25, 0.3) is 0 Å². The van der Waals surface area contributed by atoms with Crippen LogP contribution >= 0.6 is 23.2 Å². The highest BCUT2D eigenvalue weighted by atomic mass is 35.5. The van der Waals surface area contributed by atoms with E-state index < -0.39 is 0 Å². The van der Waals surface area contributed by atoms with Gasteiger partial charge in [-0.1, -0.05) is 42.3 Å². The van der Waals surface area contributed by atoms with Gasteiger partial charge in [0.15, 0.2) is 11.5 Å². The van der Waals surface area contributed by atoms with Gasteiger partial charge in [-0.05, 0) is 31.4 Å². The maximum atomic E-state index is 6.03. The monoisotopic (exact) mass is 317 g/mol. The van der Waals surface area contributed by atoms with Gasteiger partial charge in [-0.3, -0.25) is 0 Å². The second kappa shape index (κ2) is 9.11. The number of hydrogen-bond donors (Lipinski definition) is 1. The molecule has 0 amide bonds. The molecule has 0 bridgehead atoms. The summed E-state index contributed by atoms with van der Waals surface area (Å²) >= 11 is 11.4. The van der Waals surface area contributed by atoms with Crippen LogP contribution in [0.1, 0.15) is 25.8 Å². The molecule has 0 spiro atoms. The van der Waals surface area contributed by atoms with E-state index >= 15 is 0 Å². The van der Waals surface area contributed by atoms with Crippen LogP contribution in [0.15, 0.2) is 28.8 Å². The molecule has 1 atom stereocenters. The lowest BCUT2D eigenvalue weighted by Crippen LogP contribution is -2.22. The molecule has 0 radical (unpaired) electrons. The molecule has 0 saturated carbocycles. The summed E-state index contributed by atoms with van der Waals surface area (Å²) in [6, 6.07) is 5.89. The highest BCUT2D eigenvalue weighted by molar-refractivity contribution is 6.36. The van der Waals surface area contributed by atoms with E-state index in [1.54, 1.807) is 0 Å². The first kappa shape index (κ1) is 17.2. The third-order valence-electron chi connectivity index (χ3n) is 2.84. The normalized spacial score (nSPS) is 13.2. The minimum Gasteiger partial charge on any atom is -0.490 e. The lowest BCUT2D eigenvalue weighted by atomic mass is 10.0. The van der Waals surface area contributed by atoms with Crippen molar-refractivity contribution in [1.82, 2.24) is 0 Å². The Morgan fingerprint density at radius 3 is 2.70 bits per heavy atom. The van der Waals surface area contributed by atoms with Crippen LogP contribution in [0, 0.1) is 0 Å². The fourth-order valence-electron chi connectivity index (χ4n) is 1.75. The predicted octanol–water partition coefficient (Wildman–Crippen LogP) is 4.06. The first-order valence-electron chi connectivity index (χ1n) is 6.70. The maximum absolute atomic E-state index is 6.03. The van der Waals surface area contributed by atoms with Crippen molar-refractivity contribution in [2.24, 2.45) is 5.73 Å². The van der Waals surface area contributed by atoms with Crippen molar-refractivity contribution < 1.29 is 9.47 Å². The van der Waals surface area contributed by atoms with Crippen molar-refractivity contribution in [2.45, 2.75) is 32.7 Å². The molecule has 0 aliphatic carbocycles. The SMILES string of the molecule is CCOc1cccc(CC(N)CC)c1OCC(Cl)=CCl. The number of hydrogen-bond acceptors (Lipinski definition) is 3. The standard InChI is InChI=1S/C15H21Cl2NO2/c1-3-13(18)8-11-6-5-7-14(19-4-2)15(11)20-10-12(17)9-16/h5-7,9,13H,3-4,8,10,18H2,1-2H3. The summed E-state index contributed by atoms with van der Waals surface area (Å²) in [6.07, 6.45) is 1.63. The van der Waals surface area contributed by atoms with Gasteiger partial charge in [0, 0.05) is 11.6 Å². The van der Waals surface area contributed by atoms with Crippen LogP contribution < -0.4 is 15.2 Å². The van der Waals surface area contributed by atoms with Crippen molar-refractivity contribution in [1.29, 1.82) is 0 Å². The van der Waals surface area contributed by atoms with Crippen molar-refractivity contribution in [3.05, 3.63) is 34.3 Å². The zero-order chi connectivity index (χ0) is 15.0. The van der Waals surface area contributed by atoms with Gasteiger partial charge in [0.05, 0.1) is 11.6 Å². The van der Waals surface area contributed by atoms with E-state index in [0.29, 0.717) is 23.1 Å². The Bertz CT molecular complexity index is 449. The summed E-state index contributed by atoms with van der Waals surface area (Å²) in [5.41, 5.74) is 8.34. The van der Waals surface area contributed by atoms with Gasteiger partial charge < -0.3 is 15.2 Å². The van der Waals surface area contributed by atoms with E-state index in [4.69, 9.17) is 38.4 Å². The number of halogens is 2. The van der Waals surface area contributed by atoms with Crippen LogP contribution in [0.25, 0.3) is 0 Å². The minimum absolute atomic E-state index is 0.0910. The second-order valence-electron chi connectivity index (χ2n) is 4.39. The fourth-order valence-corrected chi connectivity index (χ4v) is 1.87. The number of benzene rings is 1. The summed E-state index contributed by atoms with van der Waals surface area (Å²) in [5, 5.41) is 0.434. The van der Waals surface area contributed by atoms with Crippen molar-refractivity contribution in [2.75, 3.05) is 13.2 Å². The topological polar surface area (TPSA) is 44.5 Å². The van der Waals surface area contributed by atoms with Crippen LogP contribution in [0.5, 0.6) is 11.5 Å². The fraction of sp³-hybridized carbons (Fsp3) is 0.467. The molecular formula is C15H21Cl2NO2. The Hall–Kier alpha value is -0.900.